The molecule has 0 radical (unpaired) electrons. The molecule has 2 rings (SSSR count). The zero-order valence-electron chi connectivity index (χ0n) is 15.8. The van der Waals surface area contributed by atoms with E-state index in [4.69, 9.17) is 0 Å². The summed E-state index contributed by atoms with van der Waals surface area (Å²) in [6.45, 7) is 11.7. The van der Waals surface area contributed by atoms with Gasteiger partial charge in [0, 0.05) is 52.3 Å². The monoisotopic (exact) mass is 347 g/mol. The van der Waals surface area contributed by atoms with Crippen molar-refractivity contribution in [2.24, 2.45) is 0 Å². The third-order valence-corrected chi connectivity index (χ3v) is 4.37. The van der Waals surface area contributed by atoms with Crippen molar-refractivity contribution < 1.29 is 9.59 Å². The van der Waals surface area contributed by atoms with Gasteiger partial charge in [-0.3, -0.25) is 9.59 Å². The van der Waals surface area contributed by atoms with Crippen LogP contribution in [-0.2, 0) is 4.79 Å². The third-order valence-electron chi connectivity index (χ3n) is 4.37. The second-order valence-corrected chi connectivity index (χ2v) is 6.44. The number of carbonyl (C=O) groups excluding carboxylic acids is 2. The molecule has 7 nitrogen and oxygen atoms in total. The molecular weight excluding hydrogens is 318 g/mol. The van der Waals surface area contributed by atoms with Gasteiger partial charge in [0.25, 0.3) is 5.91 Å². The van der Waals surface area contributed by atoms with Gasteiger partial charge in [0.2, 0.25) is 5.91 Å². The van der Waals surface area contributed by atoms with E-state index in [9.17, 15) is 9.59 Å². The number of aryl methyl sites for hydroxylation is 1. The Morgan fingerprint density at radius 1 is 1.04 bits per heavy atom. The van der Waals surface area contributed by atoms with Crippen LogP contribution in [0, 0.1) is 6.92 Å². The predicted molar refractivity (Wildman–Crippen MR) is 97.7 cm³/mol. The molecule has 0 aromatic carbocycles. The number of carbonyl (C=O) groups is 2. The van der Waals surface area contributed by atoms with Crippen LogP contribution < -0.4 is 4.90 Å². The van der Waals surface area contributed by atoms with Gasteiger partial charge in [0.05, 0.1) is 0 Å². The summed E-state index contributed by atoms with van der Waals surface area (Å²) in [5.41, 5.74) is 0.441. The molecule has 0 N–H and O–H groups in total. The highest BCUT2D eigenvalue weighted by Gasteiger charge is 2.25. The summed E-state index contributed by atoms with van der Waals surface area (Å²) in [6.07, 6.45) is 2.05. The normalized spacial score (nSPS) is 14.6. The Labute approximate surface area is 150 Å². The number of nitrogens with zero attached hydrogens (tertiary/aromatic N) is 5. The summed E-state index contributed by atoms with van der Waals surface area (Å²) in [5.74, 6) is 1.41. The fourth-order valence-electron chi connectivity index (χ4n) is 3.09. The maximum absolute atomic E-state index is 12.8. The summed E-state index contributed by atoms with van der Waals surface area (Å²) in [5, 5.41) is 0. The number of hydrogen-bond donors (Lipinski definition) is 0. The van der Waals surface area contributed by atoms with E-state index in [-0.39, 0.29) is 11.8 Å². The molecule has 2 amide bonds. The molecule has 138 valence electrons. The fourth-order valence-corrected chi connectivity index (χ4v) is 3.09. The van der Waals surface area contributed by atoms with Crippen LogP contribution in [0.1, 0.15) is 49.9 Å². The summed E-state index contributed by atoms with van der Waals surface area (Å²) in [7, 11) is 0. The molecule has 0 aliphatic carbocycles. The first-order valence-electron chi connectivity index (χ1n) is 9.11. The highest BCUT2D eigenvalue weighted by Crippen LogP contribution is 2.16. The Hall–Kier alpha value is -2.18. The molecule has 0 spiro atoms. The first-order chi connectivity index (χ1) is 12.0. The van der Waals surface area contributed by atoms with Crippen molar-refractivity contribution in [2.75, 3.05) is 44.2 Å². The number of rotatable bonds is 6. The van der Waals surface area contributed by atoms with Gasteiger partial charge in [-0.1, -0.05) is 13.8 Å². The van der Waals surface area contributed by atoms with E-state index in [1.54, 1.807) is 22.8 Å². The van der Waals surface area contributed by atoms with Crippen LogP contribution in [0.25, 0.3) is 0 Å². The van der Waals surface area contributed by atoms with Crippen LogP contribution in [0.3, 0.4) is 0 Å². The summed E-state index contributed by atoms with van der Waals surface area (Å²) in [4.78, 5) is 38.9. The Kier molecular flexibility index (Phi) is 6.73. The molecule has 1 aromatic rings. The highest BCUT2D eigenvalue weighted by atomic mass is 16.2. The van der Waals surface area contributed by atoms with Crippen LogP contribution >= 0.6 is 0 Å². The van der Waals surface area contributed by atoms with Crippen LogP contribution in [0.4, 0.5) is 5.82 Å². The lowest BCUT2D eigenvalue weighted by Gasteiger charge is -2.34. The minimum Gasteiger partial charge on any atom is -0.357 e. The van der Waals surface area contributed by atoms with Gasteiger partial charge in [-0.05, 0) is 19.8 Å². The van der Waals surface area contributed by atoms with E-state index < -0.39 is 0 Å². The standard InChI is InChI=1S/C18H29N5O2/c1-5-7-22(8-6-2)17-13-16(19-14(3)20-17)18(25)23-11-9-21(10-12-23)15(4)24/h13H,5-12H2,1-4H3. The third kappa shape index (κ3) is 4.90. The second kappa shape index (κ2) is 8.78. The van der Waals surface area contributed by atoms with E-state index in [0.29, 0.717) is 37.7 Å². The molecule has 1 aromatic heterocycles. The molecule has 0 saturated carbocycles. The zero-order chi connectivity index (χ0) is 18.4. The number of hydrogen-bond acceptors (Lipinski definition) is 5. The maximum atomic E-state index is 12.8. The van der Waals surface area contributed by atoms with Gasteiger partial charge < -0.3 is 14.7 Å². The van der Waals surface area contributed by atoms with Gasteiger partial charge in [-0.2, -0.15) is 0 Å². The van der Waals surface area contributed by atoms with Crippen molar-refractivity contribution in [3.05, 3.63) is 17.6 Å². The van der Waals surface area contributed by atoms with Gasteiger partial charge in [-0.25, -0.2) is 9.97 Å². The molecular formula is C18H29N5O2. The average Bonchev–Trinajstić information content (AvgIpc) is 2.60. The van der Waals surface area contributed by atoms with Crippen LogP contribution in [-0.4, -0.2) is 70.9 Å². The molecule has 2 heterocycles. The molecule has 1 aliphatic heterocycles. The average molecular weight is 347 g/mol. The summed E-state index contributed by atoms with van der Waals surface area (Å²) < 4.78 is 0. The first-order valence-corrected chi connectivity index (χ1v) is 9.11. The topological polar surface area (TPSA) is 69.6 Å². The number of anilines is 1. The molecule has 1 saturated heterocycles. The van der Waals surface area contributed by atoms with Crippen LogP contribution in [0.2, 0.25) is 0 Å². The largest absolute Gasteiger partial charge is 0.357 e. The van der Waals surface area contributed by atoms with Crippen molar-refractivity contribution in [3.63, 3.8) is 0 Å². The van der Waals surface area contributed by atoms with Gasteiger partial charge in [0.15, 0.2) is 0 Å². The zero-order valence-corrected chi connectivity index (χ0v) is 15.8. The number of piperazine rings is 1. The van der Waals surface area contributed by atoms with E-state index >= 15 is 0 Å². The molecule has 1 fully saturated rings. The molecule has 0 bridgehead atoms. The lowest BCUT2D eigenvalue weighted by molar-refractivity contribution is -0.130. The van der Waals surface area contributed by atoms with Gasteiger partial charge in [-0.15, -0.1) is 0 Å². The summed E-state index contributed by atoms with van der Waals surface area (Å²) >= 11 is 0. The maximum Gasteiger partial charge on any atom is 0.272 e. The van der Waals surface area contributed by atoms with Crippen molar-refractivity contribution in [2.45, 2.75) is 40.5 Å². The van der Waals surface area contributed by atoms with E-state index in [0.717, 1.165) is 31.7 Å². The van der Waals surface area contributed by atoms with Gasteiger partial charge in [0.1, 0.15) is 17.3 Å². The van der Waals surface area contributed by atoms with E-state index in [1.165, 1.54) is 0 Å². The minimum atomic E-state index is -0.0806. The SMILES string of the molecule is CCCN(CCC)c1cc(C(=O)N2CCN(C(C)=O)CC2)nc(C)n1. The Bertz CT molecular complexity index is 605. The molecule has 0 unspecified atom stereocenters. The van der Waals surface area contributed by atoms with Crippen molar-refractivity contribution in [1.29, 1.82) is 0 Å². The van der Waals surface area contributed by atoms with Crippen LogP contribution in [0.5, 0.6) is 0 Å². The highest BCUT2D eigenvalue weighted by molar-refractivity contribution is 5.93. The van der Waals surface area contributed by atoms with Crippen molar-refractivity contribution in [1.82, 2.24) is 19.8 Å². The lowest BCUT2D eigenvalue weighted by Crippen LogP contribution is -2.50. The van der Waals surface area contributed by atoms with E-state index in [1.807, 2.05) is 6.92 Å². The van der Waals surface area contributed by atoms with Crippen molar-refractivity contribution >= 4 is 17.6 Å². The molecule has 7 heteroatoms. The molecule has 1 aliphatic rings. The number of amides is 2. The lowest BCUT2D eigenvalue weighted by atomic mass is 10.2. The molecule has 0 atom stereocenters. The number of aromatic nitrogens is 2. The Balaban J connectivity index is 2.16. The van der Waals surface area contributed by atoms with Crippen molar-refractivity contribution in [3.8, 4) is 0 Å². The smallest absolute Gasteiger partial charge is 0.272 e. The predicted octanol–water partition coefficient (Wildman–Crippen LogP) is 1.72. The first kappa shape index (κ1) is 19.1. The molecule has 25 heavy (non-hydrogen) atoms. The quantitative estimate of drug-likeness (QED) is 0.784. The minimum absolute atomic E-state index is 0.0574. The second-order valence-electron chi connectivity index (χ2n) is 6.44. The fraction of sp³-hybridized carbons (Fsp3) is 0.667. The van der Waals surface area contributed by atoms with Gasteiger partial charge >= 0.3 is 0 Å². The Morgan fingerprint density at radius 2 is 1.60 bits per heavy atom. The van der Waals surface area contributed by atoms with Crippen LogP contribution in [0.15, 0.2) is 6.07 Å². The Morgan fingerprint density at radius 3 is 2.12 bits per heavy atom. The van der Waals surface area contributed by atoms with E-state index in [2.05, 4.69) is 28.7 Å². The summed E-state index contributed by atoms with van der Waals surface area (Å²) in [6, 6.07) is 1.80.